The van der Waals surface area contributed by atoms with Gasteiger partial charge in [0.15, 0.2) is 4.87 Å². The van der Waals surface area contributed by atoms with Crippen LogP contribution in [0, 0.1) is 6.92 Å². The van der Waals surface area contributed by atoms with E-state index in [-0.39, 0.29) is 11.8 Å². The summed E-state index contributed by atoms with van der Waals surface area (Å²) in [7, 11) is 0. The second-order valence-corrected chi connectivity index (χ2v) is 9.25. The van der Waals surface area contributed by atoms with Crippen LogP contribution in [-0.2, 0) is 9.59 Å². The number of aromatic nitrogens is 1. The maximum absolute atomic E-state index is 13.3. The molecule has 3 aromatic rings. The fourth-order valence-corrected chi connectivity index (χ4v) is 5.78. The number of hydrogen-bond donors (Lipinski definition) is 1. The zero-order valence-corrected chi connectivity index (χ0v) is 16.8. The van der Waals surface area contributed by atoms with E-state index >= 15 is 0 Å². The summed E-state index contributed by atoms with van der Waals surface area (Å²) in [5.74, 6) is -0.154. The molecule has 2 aromatic carbocycles. The van der Waals surface area contributed by atoms with E-state index in [4.69, 9.17) is 0 Å². The van der Waals surface area contributed by atoms with Gasteiger partial charge < -0.3 is 5.32 Å². The number of carbonyl (C=O) groups excluding carboxylic acids is 2. The first-order valence-electron chi connectivity index (χ1n) is 9.02. The number of aryl methyl sites for hydroxylation is 1. The molecule has 1 saturated heterocycles. The van der Waals surface area contributed by atoms with Crippen molar-refractivity contribution in [3.05, 3.63) is 58.9 Å². The number of anilines is 2. The third-order valence-electron chi connectivity index (χ3n) is 5.09. The highest BCUT2D eigenvalue weighted by molar-refractivity contribution is 8.02. The van der Waals surface area contributed by atoms with Crippen LogP contribution in [0.15, 0.2) is 58.8 Å². The van der Waals surface area contributed by atoms with Gasteiger partial charge in [0.05, 0.1) is 16.4 Å². The summed E-state index contributed by atoms with van der Waals surface area (Å²) in [5, 5.41) is 6.06. The standard InChI is InChI=1S/C21H17N3O2S2/c1-13-22-16(12-27-13)14-6-8-15(9-7-14)23-20(26)21-11-10-19(25)24(21)17-4-2-3-5-18(17)28-21/h2-9,12H,10-11H2,1H3,(H,23,26). The lowest BCUT2D eigenvalue weighted by Gasteiger charge is -2.29. The molecule has 5 rings (SSSR count). The Hall–Kier alpha value is -2.64. The molecule has 2 aliphatic heterocycles. The predicted molar refractivity (Wildman–Crippen MR) is 113 cm³/mol. The summed E-state index contributed by atoms with van der Waals surface area (Å²) in [4.78, 5) is 32.0. The zero-order chi connectivity index (χ0) is 19.3. The Labute approximate surface area is 170 Å². The molecule has 0 aliphatic carbocycles. The molecule has 3 heterocycles. The number of hydrogen-bond acceptors (Lipinski definition) is 5. The summed E-state index contributed by atoms with van der Waals surface area (Å²) in [6.45, 7) is 1.98. The fourth-order valence-electron chi connectivity index (χ4n) is 3.75. The molecule has 2 amide bonds. The van der Waals surface area contributed by atoms with Gasteiger partial charge in [0.2, 0.25) is 5.91 Å². The SMILES string of the molecule is Cc1nc(-c2ccc(NC(=O)C34CCC(=O)N3c3ccccc3S4)cc2)cs1. The maximum atomic E-state index is 13.3. The molecule has 1 unspecified atom stereocenters. The Morgan fingerprint density at radius 2 is 1.96 bits per heavy atom. The van der Waals surface area contributed by atoms with E-state index < -0.39 is 4.87 Å². The highest BCUT2D eigenvalue weighted by Crippen LogP contribution is 2.56. The Morgan fingerprint density at radius 1 is 1.18 bits per heavy atom. The van der Waals surface area contributed by atoms with E-state index in [1.54, 1.807) is 16.2 Å². The summed E-state index contributed by atoms with van der Waals surface area (Å²) in [6, 6.07) is 15.4. The number of nitrogens with one attached hydrogen (secondary N) is 1. The van der Waals surface area contributed by atoms with Crippen molar-refractivity contribution in [3.63, 3.8) is 0 Å². The van der Waals surface area contributed by atoms with Crippen molar-refractivity contribution in [2.45, 2.75) is 29.5 Å². The summed E-state index contributed by atoms with van der Waals surface area (Å²) in [6.07, 6.45) is 0.893. The summed E-state index contributed by atoms with van der Waals surface area (Å²) in [5.41, 5.74) is 3.50. The minimum Gasteiger partial charge on any atom is -0.323 e. The molecule has 1 fully saturated rings. The Bertz CT molecular complexity index is 1090. The number of para-hydroxylation sites is 1. The van der Waals surface area contributed by atoms with Crippen LogP contribution in [0.2, 0.25) is 0 Å². The van der Waals surface area contributed by atoms with Crippen molar-refractivity contribution in [1.82, 2.24) is 4.98 Å². The normalized spacial score (nSPS) is 20.2. The smallest absolute Gasteiger partial charge is 0.261 e. The highest BCUT2D eigenvalue weighted by atomic mass is 32.2. The molecule has 28 heavy (non-hydrogen) atoms. The molecule has 0 radical (unpaired) electrons. The number of carbonyl (C=O) groups is 2. The second-order valence-electron chi connectivity index (χ2n) is 6.87. The van der Waals surface area contributed by atoms with Crippen LogP contribution in [0.5, 0.6) is 0 Å². The van der Waals surface area contributed by atoms with Crippen molar-refractivity contribution < 1.29 is 9.59 Å². The van der Waals surface area contributed by atoms with Crippen LogP contribution < -0.4 is 10.2 Å². The van der Waals surface area contributed by atoms with E-state index in [1.165, 1.54) is 11.8 Å². The molecule has 1 atom stereocenters. The van der Waals surface area contributed by atoms with Gasteiger partial charge >= 0.3 is 0 Å². The van der Waals surface area contributed by atoms with Gasteiger partial charge in [-0.3, -0.25) is 14.5 Å². The minimum absolute atomic E-state index is 0.00171. The first kappa shape index (κ1) is 17.5. The van der Waals surface area contributed by atoms with Gasteiger partial charge in [-0.2, -0.15) is 0 Å². The molecule has 0 bridgehead atoms. The average Bonchev–Trinajstić information content (AvgIpc) is 3.37. The number of nitrogens with zero attached hydrogens (tertiary/aromatic N) is 2. The number of amides is 2. The molecule has 5 nitrogen and oxygen atoms in total. The first-order chi connectivity index (χ1) is 13.6. The lowest BCUT2D eigenvalue weighted by Crippen LogP contribution is -2.49. The average molecular weight is 408 g/mol. The molecule has 2 aliphatic rings. The van der Waals surface area contributed by atoms with Crippen molar-refractivity contribution >= 4 is 46.3 Å². The van der Waals surface area contributed by atoms with Crippen molar-refractivity contribution in [2.24, 2.45) is 0 Å². The Kier molecular flexibility index (Phi) is 4.03. The number of thiazole rings is 1. The number of thioether (sulfide) groups is 1. The molecular formula is C21H17N3O2S2. The van der Waals surface area contributed by atoms with Crippen molar-refractivity contribution in [2.75, 3.05) is 10.2 Å². The highest BCUT2D eigenvalue weighted by Gasteiger charge is 2.57. The lowest BCUT2D eigenvalue weighted by atomic mass is 10.1. The summed E-state index contributed by atoms with van der Waals surface area (Å²) >= 11 is 3.09. The zero-order valence-electron chi connectivity index (χ0n) is 15.1. The fraction of sp³-hybridized carbons (Fsp3) is 0.190. The molecular weight excluding hydrogens is 390 g/mol. The van der Waals surface area contributed by atoms with Crippen LogP contribution in [-0.4, -0.2) is 21.7 Å². The van der Waals surface area contributed by atoms with E-state index in [2.05, 4.69) is 10.3 Å². The number of fused-ring (bicyclic) bond motifs is 3. The van der Waals surface area contributed by atoms with Gasteiger partial charge in [0, 0.05) is 27.9 Å². The second kappa shape index (κ2) is 6.46. The van der Waals surface area contributed by atoms with Gasteiger partial charge in [-0.1, -0.05) is 36.0 Å². The third-order valence-corrected chi connectivity index (χ3v) is 7.33. The van der Waals surface area contributed by atoms with Gasteiger partial charge in [0.25, 0.3) is 5.91 Å². The van der Waals surface area contributed by atoms with Crippen LogP contribution >= 0.6 is 23.1 Å². The first-order valence-corrected chi connectivity index (χ1v) is 10.7. The van der Waals surface area contributed by atoms with Gasteiger partial charge in [0.1, 0.15) is 0 Å². The van der Waals surface area contributed by atoms with Crippen LogP contribution in [0.3, 0.4) is 0 Å². The quantitative estimate of drug-likeness (QED) is 0.684. The van der Waals surface area contributed by atoms with Crippen LogP contribution in [0.25, 0.3) is 11.3 Å². The molecule has 140 valence electrons. The molecule has 7 heteroatoms. The van der Waals surface area contributed by atoms with Gasteiger partial charge in [-0.05, 0) is 37.6 Å². The molecule has 1 aromatic heterocycles. The maximum Gasteiger partial charge on any atom is 0.261 e. The van der Waals surface area contributed by atoms with Crippen molar-refractivity contribution in [1.29, 1.82) is 0 Å². The Balaban J connectivity index is 1.40. The van der Waals surface area contributed by atoms with E-state index in [1.807, 2.05) is 60.8 Å². The van der Waals surface area contributed by atoms with Crippen LogP contribution in [0.4, 0.5) is 11.4 Å². The molecule has 0 spiro atoms. The number of benzene rings is 2. The predicted octanol–water partition coefficient (Wildman–Crippen LogP) is 4.69. The van der Waals surface area contributed by atoms with Crippen molar-refractivity contribution in [3.8, 4) is 11.3 Å². The van der Waals surface area contributed by atoms with Gasteiger partial charge in [-0.25, -0.2) is 4.98 Å². The number of rotatable bonds is 3. The van der Waals surface area contributed by atoms with E-state index in [0.29, 0.717) is 18.5 Å². The van der Waals surface area contributed by atoms with Gasteiger partial charge in [-0.15, -0.1) is 11.3 Å². The van der Waals surface area contributed by atoms with E-state index in [9.17, 15) is 9.59 Å². The monoisotopic (exact) mass is 407 g/mol. The molecule has 0 saturated carbocycles. The minimum atomic E-state index is -0.897. The topological polar surface area (TPSA) is 62.3 Å². The van der Waals surface area contributed by atoms with Crippen LogP contribution in [0.1, 0.15) is 17.8 Å². The summed E-state index contributed by atoms with van der Waals surface area (Å²) < 4.78 is 0. The third kappa shape index (κ3) is 2.65. The molecule has 1 N–H and O–H groups in total. The lowest BCUT2D eigenvalue weighted by molar-refractivity contribution is -0.121. The van der Waals surface area contributed by atoms with E-state index in [0.717, 1.165) is 26.8 Å². The Morgan fingerprint density at radius 3 is 2.71 bits per heavy atom. The largest absolute Gasteiger partial charge is 0.323 e.